The van der Waals surface area contributed by atoms with Crippen LogP contribution in [0.1, 0.15) is 33.1 Å². The molecule has 1 N–H and O–H groups in total. The van der Waals surface area contributed by atoms with Crippen molar-refractivity contribution in [2.24, 2.45) is 0 Å². The van der Waals surface area contributed by atoms with E-state index in [-0.39, 0.29) is 23.9 Å². The molecule has 0 aromatic rings. The lowest BCUT2D eigenvalue weighted by atomic mass is 10.1. The van der Waals surface area contributed by atoms with Crippen molar-refractivity contribution in [1.29, 1.82) is 0 Å². The summed E-state index contributed by atoms with van der Waals surface area (Å²) in [4.78, 5) is 25.8. The summed E-state index contributed by atoms with van der Waals surface area (Å²) in [6.07, 6.45) is 3.07. The van der Waals surface area contributed by atoms with Gasteiger partial charge < -0.3 is 10.2 Å². The Balaban J connectivity index is 2.05. The largest absolute Gasteiger partial charge is 0.343 e. The minimum absolute atomic E-state index is 0.0144. The molecule has 17 heavy (non-hydrogen) atoms. The maximum atomic E-state index is 12.2. The molecule has 2 aliphatic rings. The van der Waals surface area contributed by atoms with E-state index in [1.54, 1.807) is 4.90 Å². The molecule has 0 bridgehead atoms. The number of nitrogens with zero attached hydrogens (tertiary/aromatic N) is 1. The lowest BCUT2D eigenvalue weighted by Gasteiger charge is -2.38. The molecule has 0 aliphatic carbocycles. The summed E-state index contributed by atoms with van der Waals surface area (Å²) in [7, 11) is 0. The summed E-state index contributed by atoms with van der Waals surface area (Å²) in [5.41, 5.74) is 0. The Morgan fingerprint density at radius 1 is 1.47 bits per heavy atom. The number of piperazine rings is 1. The van der Waals surface area contributed by atoms with Crippen LogP contribution in [0.2, 0.25) is 0 Å². The quantitative estimate of drug-likeness (QED) is 0.820. The molecule has 0 radical (unpaired) electrons. The Kier molecular flexibility index (Phi) is 3.97. The van der Waals surface area contributed by atoms with E-state index in [9.17, 15) is 9.59 Å². The zero-order valence-corrected chi connectivity index (χ0v) is 11.3. The molecule has 3 atom stereocenters. The number of amides is 2. The molecule has 2 saturated heterocycles. The fraction of sp³-hybridized carbons (Fsp3) is 0.833. The van der Waals surface area contributed by atoms with Crippen LogP contribution in [0.25, 0.3) is 0 Å². The maximum Gasteiger partial charge on any atom is 0.245 e. The van der Waals surface area contributed by atoms with Gasteiger partial charge in [0, 0.05) is 11.8 Å². The third-order valence-corrected chi connectivity index (χ3v) is 4.96. The molecule has 5 heteroatoms. The van der Waals surface area contributed by atoms with Crippen molar-refractivity contribution in [3.63, 3.8) is 0 Å². The summed E-state index contributed by atoms with van der Waals surface area (Å²) in [5.74, 6) is 1.26. The molecule has 2 aliphatic heterocycles. The fourth-order valence-electron chi connectivity index (χ4n) is 2.42. The molecule has 2 amide bonds. The molecule has 2 rings (SSSR count). The SMILES string of the molecule is CCC1NC(=O)C(C)N(CC2CCCS2)C1=O. The molecular weight excluding hydrogens is 236 g/mol. The molecule has 2 fully saturated rings. The predicted octanol–water partition coefficient (Wildman–Crippen LogP) is 1.01. The van der Waals surface area contributed by atoms with Gasteiger partial charge >= 0.3 is 0 Å². The summed E-state index contributed by atoms with van der Waals surface area (Å²) in [5, 5.41) is 3.30. The first-order valence-corrected chi connectivity index (χ1v) is 7.40. The van der Waals surface area contributed by atoms with Gasteiger partial charge in [-0.05, 0) is 31.9 Å². The van der Waals surface area contributed by atoms with Gasteiger partial charge in [-0.1, -0.05) is 6.92 Å². The second-order valence-corrected chi connectivity index (χ2v) is 6.18. The van der Waals surface area contributed by atoms with E-state index in [1.807, 2.05) is 25.6 Å². The van der Waals surface area contributed by atoms with Crippen molar-refractivity contribution in [2.75, 3.05) is 12.3 Å². The van der Waals surface area contributed by atoms with E-state index in [4.69, 9.17) is 0 Å². The smallest absolute Gasteiger partial charge is 0.245 e. The van der Waals surface area contributed by atoms with Gasteiger partial charge in [0.05, 0.1) is 0 Å². The predicted molar refractivity (Wildman–Crippen MR) is 68.9 cm³/mol. The highest BCUT2D eigenvalue weighted by molar-refractivity contribution is 8.00. The van der Waals surface area contributed by atoms with Crippen LogP contribution in [0.15, 0.2) is 0 Å². The molecule has 0 aromatic heterocycles. The Bertz CT molecular complexity index is 316. The molecule has 0 spiro atoms. The van der Waals surface area contributed by atoms with Crippen LogP contribution in [0.3, 0.4) is 0 Å². The molecule has 96 valence electrons. The lowest BCUT2D eigenvalue weighted by molar-refractivity contribution is -0.148. The summed E-state index contributed by atoms with van der Waals surface area (Å²) >= 11 is 1.92. The number of hydrogen-bond donors (Lipinski definition) is 1. The van der Waals surface area contributed by atoms with Gasteiger partial charge in [0.15, 0.2) is 0 Å². The first kappa shape index (κ1) is 12.7. The molecule has 0 aromatic carbocycles. The molecule has 3 unspecified atom stereocenters. The average Bonchev–Trinajstić information content (AvgIpc) is 2.82. The normalized spacial score (nSPS) is 34.0. The van der Waals surface area contributed by atoms with Crippen LogP contribution < -0.4 is 5.32 Å². The lowest BCUT2D eigenvalue weighted by Crippen LogP contribution is -2.63. The monoisotopic (exact) mass is 256 g/mol. The third-order valence-electron chi connectivity index (χ3n) is 3.58. The number of carbonyl (C=O) groups excluding carboxylic acids is 2. The summed E-state index contributed by atoms with van der Waals surface area (Å²) in [6.45, 7) is 4.48. The first-order chi connectivity index (χ1) is 8.13. The number of nitrogens with one attached hydrogen (secondary N) is 1. The van der Waals surface area contributed by atoms with Crippen molar-refractivity contribution in [1.82, 2.24) is 10.2 Å². The average molecular weight is 256 g/mol. The van der Waals surface area contributed by atoms with Gasteiger partial charge in [-0.2, -0.15) is 11.8 Å². The van der Waals surface area contributed by atoms with Crippen molar-refractivity contribution in [3.8, 4) is 0 Å². The number of carbonyl (C=O) groups is 2. The zero-order chi connectivity index (χ0) is 12.4. The summed E-state index contributed by atoms with van der Waals surface area (Å²) in [6, 6.07) is -0.628. The minimum atomic E-state index is -0.315. The Labute approximate surface area is 106 Å². The second kappa shape index (κ2) is 5.29. The molecule has 0 saturated carbocycles. The Morgan fingerprint density at radius 2 is 2.24 bits per heavy atom. The Hall–Kier alpha value is -0.710. The van der Waals surface area contributed by atoms with Crippen LogP contribution in [-0.2, 0) is 9.59 Å². The maximum absolute atomic E-state index is 12.2. The number of hydrogen-bond acceptors (Lipinski definition) is 3. The van der Waals surface area contributed by atoms with E-state index in [2.05, 4.69) is 5.32 Å². The van der Waals surface area contributed by atoms with E-state index in [0.29, 0.717) is 11.7 Å². The van der Waals surface area contributed by atoms with Gasteiger partial charge in [-0.3, -0.25) is 9.59 Å². The van der Waals surface area contributed by atoms with Crippen LogP contribution in [0.5, 0.6) is 0 Å². The number of thioether (sulfide) groups is 1. The van der Waals surface area contributed by atoms with Gasteiger partial charge in [0.25, 0.3) is 0 Å². The molecule has 2 heterocycles. The molecule has 4 nitrogen and oxygen atoms in total. The highest BCUT2D eigenvalue weighted by atomic mass is 32.2. The van der Waals surface area contributed by atoms with E-state index < -0.39 is 0 Å². The highest BCUT2D eigenvalue weighted by Crippen LogP contribution is 2.28. The standard InChI is InChI=1S/C12H20N2O2S/c1-3-10-12(16)14(8(2)11(15)13-10)7-9-5-4-6-17-9/h8-10H,3-7H2,1-2H3,(H,13,15). The van der Waals surface area contributed by atoms with Crippen molar-refractivity contribution >= 4 is 23.6 Å². The zero-order valence-electron chi connectivity index (χ0n) is 10.4. The van der Waals surface area contributed by atoms with Gasteiger partial charge in [0.1, 0.15) is 12.1 Å². The fourth-order valence-corrected chi connectivity index (χ4v) is 3.69. The van der Waals surface area contributed by atoms with Crippen molar-refractivity contribution in [3.05, 3.63) is 0 Å². The number of rotatable bonds is 3. The van der Waals surface area contributed by atoms with Crippen molar-refractivity contribution < 1.29 is 9.59 Å². The first-order valence-electron chi connectivity index (χ1n) is 6.36. The Morgan fingerprint density at radius 3 is 2.82 bits per heavy atom. The van der Waals surface area contributed by atoms with Crippen LogP contribution in [-0.4, -0.2) is 46.3 Å². The van der Waals surface area contributed by atoms with E-state index in [0.717, 1.165) is 6.54 Å². The second-order valence-electron chi connectivity index (χ2n) is 4.77. The van der Waals surface area contributed by atoms with E-state index in [1.165, 1.54) is 18.6 Å². The van der Waals surface area contributed by atoms with Gasteiger partial charge in [0.2, 0.25) is 11.8 Å². The van der Waals surface area contributed by atoms with Crippen molar-refractivity contribution in [2.45, 2.75) is 50.4 Å². The highest BCUT2D eigenvalue weighted by Gasteiger charge is 2.38. The van der Waals surface area contributed by atoms with E-state index >= 15 is 0 Å². The van der Waals surface area contributed by atoms with Crippen LogP contribution in [0, 0.1) is 0 Å². The van der Waals surface area contributed by atoms with Crippen LogP contribution in [0.4, 0.5) is 0 Å². The minimum Gasteiger partial charge on any atom is -0.343 e. The topological polar surface area (TPSA) is 49.4 Å². The van der Waals surface area contributed by atoms with Gasteiger partial charge in [-0.15, -0.1) is 0 Å². The van der Waals surface area contributed by atoms with Crippen LogP contribution >= 0.6 is 11.8 Å². The summed E-state index contributed by atoms with van der Waals surface area (Å²) < 4.78 is 0. The third kappa shape index (κ3) is 2.59. The van der Waals surface area contributed by atoms with Gasteiger partial charge in [-0.25, -0.2) is 0 Å². The molecular formula is C12H20N2O2S.